The van der Waals surface area contributed by atoms with Crippen molar-refractivity contribution in [2.24, 2.45) is 0 Å². The maximum atomic E-state index is 13.1. The Bertz CT molecular complexity index is 1140. The minimum absolute atomic E-state index is 0.0756. The van der Waals surface area contributed by atoms with E-state index in [9.17, 15) is 18.8 Å². The molecule has 2 aromatic heterocycles. The molecule has 1 aromatic carbocycles. The number of nitrogens with one attached hydrogen (secondary N) is 1. The van der Waals surface area contributed by atoms with Crippen molar-refractivity contribution >= 4 is 28.5 Å². The number of aromatic nitrogens is 3. The minimum Gasteiger partial charge on any atom is -0.481 e. The quantitative estimate of drug-likeness (QED) is 0.638. The third kappa shape index (κ3) is 4.72. The number of aryl methyl sites for hydroxylation is 1. The van der Waals surface area contributed by atoms with E-state index in [-0.39, 0.29) is 35.3 Å². The van der Waals surface area contributed by atoms with Crippen molar-refractivity contribution in [3.8, 4) is 0 Å². The molecule has 0 saturated carbocycles. The highest BCUT2D eigenvalue weighted by Gasteiger charge is 2.18. The van der Waals surface area contributed by atoms with Crippen LogP contribution in [0.3, 0.4) is 0 Å². The van der Waals surface area contributed by atoms with Crippen molar-refractivity contribution in [1.29, 1.82) is 0 Å². The maximum absolute atomic E-state index is 13.1. The molecule has 0 unspecified atom stereocenters. The van der Waals surface area contributed by atoms with E-state index >= 15 is 0 Å². The molecule has 0 aliphatic heterocycles. The van der Waals surface area contributed by atoms with Gasteiger partial charge in [0.2, 0.25) is 5.13 Å². The van der Waals surface area contributed by atoms with E-state index in [0.717, 1.165) is 22.7 Å². The third-order valence-electron chi connectivity index (χ3n) is 4.31. The number of rotatable bonds is 6. The summed E-state index contributed by atoms with van der Waals surface area (Å²) >= 11 is 0.835. The number of carboxylic acids is 1. The lowest BCUT2D eigenvalue weighted by Crippen LogP contribution is -2.31. The predicted molar refractivity (Wildman–Crippen MR) is 105 cm³/mol. The van der Waals surface area contributed by atoms with Crippen LogP contribution in [0.25, 0.3) is 0 Å². The monoisotopic (exact) mass is 416 g/mol. The minimum atomic E-state index is -1.08. The first kappa shape index (κ1) is 20.3. The van der Waals surface area contributed by atoms with E-state index in [4.69, 9.17) is 5.11 Å². The number of pyridine rings is 1. The van der Waals surface area contributed by atoms with E-state index in [0.29, 0.717) is 5.69 Å². The van der Waals surface area contributed by atoms with Gasteiger partial charge in [0.1, 0.15) is 17.8 Å². The summed E-state index contributed by atoms with van der Waals surface area (Å²) in [5, 5.41) is 11.4. The van der Waals surface area contributed by atoms with Crippen LogP contribution in [-0.2, 0) is 17.8 Å². The molecule has 0 fully saturated rings. The van der Waals surface area contributed by atoms with E-state index in [2.05, 4.69) is 14.7 Å². The number of nitrogens with zero attached hydrogens (tertiary/aromatic N) is 3. The van der Waals surface area contributed by atoms with Crippen LogP contribution in [0.5, 0.6) is 0 Å². The summed E-state index contributed by atoms with van der Waals surface area (Å²) in [6, 6.07) is 7.27. The Morgan fingerprint density at radius 2 is 1.93 bits per heavy atom. The van der Waals surface area contributed by atoms with Crippen molar-refractivity contribution in [3.63, 3.8) is 0 Å². The average molecular weight is 416 g/mol. The number of amides is 1. The first-order valence-electron chi connectivity index (χ1n) is 8.56. The van der Waals surface area contributed by atoms with Gasteiger partial charge in [-0.3, -0.25) is 19.7 Å². The van der Waals surface area contributed by atoms with Crippen LogP contribution in [0.2, 0.25) is 0 Å². The fourth-order valence-corrected chi connectivity index (χ4v) is 3.28. The molecule has 2 heterocycles. The van der Waals surface area contributed by atoms with Crippen molar-refractivity contribution in [2.45, 2.75) is 26.8 Å². The average Bonchev–Trinajstić information content (AvgIpc) is 3.09. The number of hydrogen-bond donors (Lipinski definition) is 2. The molecule has 0 atom stereocenters. The molecule has 0 aliphatic rings. The van der Waals surface area contributed by atoms with Crippen molar-refractivity contribution < 1.29 is 19.1 Å². The summed E-state index contributed by atoms with van der Waals surface area (Å²) in [7, 11) is 0. The van der Waals surface area contributed by atoms with Crippen LogP contribution in [-0.4, -0.2) is 30.9 Å². The van der Waals surface area contributed by atoms with Gasteiger partial charge in [-0.25, -0.2) is 9.37 Å². The van der Waals surface area contributed by atoms with Gasteiger partial charge >= 0.3 is 5.97 Å². The molecule has 0 aliphatic carbocycles. The SMILES string of the molecule is Cc1cc(C(=O)Nc2nc(CC(=O)O)ns2)c(=O)n(Cc2ccc(F)cc2)c1C. The van der Waals surface area contributed by atoms with Crippen molar-refractivity contribution in [1.82, 2.24) is 13.9 Å². The summed E-state index contributed by atoms with van der Waals surface area (Å²) in [6.07, 6.45) is -0.361. The van der Waals surface area contributed by atoms with Gasteiger partial charge in [-0.05, 0) is 43.2 Å². The molecule has 1 amide bonds. The van der Waals surface area contributed by atoms with E-state index < -0.39 is 17.4 Å². The lowest BCUT2D eigenvalue weighted by Gasteiger charge is -2.14. The molecule has 3 aromatic rings. The van der Waals surface area contributed by atoms with Crippen molar-refractivity contribution in [2.75, 3.05) is 5.32 Å². The van der Waals surface area contributed by atoms with E-state index in [1.54, 1.807) is 26.0 Å². The Morgan fingerprint density at radius 3 is 2.59 bits per heavy atom. The van der Waals surface area contributed by atoms with E-state index in [1.165, 1.54) is 22.8 Å². The molecule has 10 heteroatoms. The zero-order chi connectivity index (χ0) is 21.1. The second-order valence-corrected chi connectivity index (χ2v) is 7.14. The normalized spacial score (nSPS) is 10.7. The lowest BCUT2D eigenvalue weighted by atomic mass is 10.1. The summed E-state index contributed by atoms with van der Waals surface area (Å²) in [5.41, 5.74) is 1.57. The highest BCUT2D eigenvalue weighted by molar-refractivity contribution is 7.09. The van der Waals surface area contributed by atoms with Gasteiger partial charge in [0.25, 0.3) is 11.5 Å². The maximum Gasteiger partial charge on any atom is 0.311 e. The van der Waals surface area contributed by atoms with Crippen LogP contribution >= 0.6 is 11.5 Å². The summed E-state index contributed by atoms with van der Waals surface area (Å²) in [5.74, 6) is -2.05. The van der Waals surface area contributed by atoms with Gasteiger partial charge in [-0.1, -0.05) is 12.1 Å². The largest absolute Gasteiger partial charge is 0.481 e. The Labute approximate surface area is 168 Å². The van der Waals surface area contributed by atoms with Crippen LogP contribution in [0.4, 0.5) is 9.52 Å². The molecule has 8 nitrogen and oxygen atoms in total. The standard InChI is InChI=1S/C19H17FN4O4S/c1-10-7-14(17(27)22-19-21-15(23-29-19)8-16(25)26)18(28)24(11(10)2)9-12-3-5-13(20)6-4-12/h3-7H,8-9H2,1-2H3,(H,25,26)(H,21,22,23,27). The predicted octanol–water partition coefficient (Wildman–Crippen LogP) is 2.38. The number of benzene rings is 1. The Morgan fingerprint density at radius 1 is 1.24 bits per heavy atom. The number of halogens is 1. The first-order chi connectivity index (χ1) is 13.7. The Balaban J connectivity index is 1.89. The molecular weight excluding hydrogens is 399 g/mol. The number of carbonyl (C=O) groups is 2. The summed E-state index contributed by atoms with van der Waals surface area (Å²) < 4.78 is 18.4. The molecule has 0 bridgehead atoms. The van der Waals surface area contributed by atoms with Gasteiger partial charge in [-0.15, -0.1) is 0 Å². The Hall–Kier alpha value is -3.40. The number of hydrogen-bond acceptors (Lipinski definition) is 6. The molecule has 0 radical (unpaired) electrons. The van der Waals surface area contributed by atoms with Gasteiger partial charge in [0.15, 0.2) is 5.82 Å². The molecular formula is C19H17FN4O4S. The smallest absolute Gasteiger partial charge is 0.311 e. The fourth-order valence-electron chi connectivity index (χ4n) is 2.69. The second kappa shape index (κ2) is 8.31. The molecule has 150 valence electrons. The molecule has 3 rings (SSSR count). The number of aliphatic carboxylic acids is 1. The van der Waals surface area contributed by atoms with Gasteiger partial charge in [0, 0.05) is 17.2 Å². The number of carboxylic acid groups (broad SMARTS) is 1. The fraction of sp³-hybridized carbons (Fsp3) is 0.211. The molecule has 29 heavy (non-hydrogen) atoms. The van der Waals surface area contributed by atoms with E-state index in [1.807, 2.05) is 0 Å². The molecule has 2 N–H and O–H groups in total. The number of anilines is 1. The molecule has 0 spiro atoms. The van der Waals surface area contributed by atoms with Crippen LogP contribution in [0, 0.1) is 19.7 Å². The summed E-state index contributed by atoms with van der Waals surface area (Å²) in [6.45, 7) is 3.74. The van der Waals surface area contributed by atoms with Crippen molar-refractivity contribution in [3.05, 3.63) is 74.7 Å². The van der Waals surface area contributed by atoms with Crippen LogP contribution < -0.4 is 10.9 Å². The highest BCUT2D eigenvalue weighted by atomic mass is 32.1. The van der Waals surface area contributed by atoms with Crippen LogP contribution in [0.1, 0.15) is 33.0 Å². The zero-order valence-electron chi connectivity index (χ0n) is 15.6. The highest BCUT2D eigenvalue weighted by Crippen LogP contribution is 2.15. The van der Waals surface area contributed by atoms with Crippen LogP contribution in [0.15, 0.2) is 35.1 Å². The van der Waals surface area contributed by atoms with Gasteiger partial charge in [0.05, 0.1) is 6.54 Å². The Kier molecular flexibility index (Phi) is 5.83. The first-order valence-corrected chi connectivity index (χ1v) is 9.33. The number of carbonyl (C=O) groups excluding carboxylic acids is 1. The van der Waals surface area contributed by atoms with Gasteiger partial charge < -0.3 is 9.67 Å². The molecule has 0 saturated heterocycles. The zero-order valence-corrected chi connectivity index (χ0v) is 16.4. The third-order valence-corrected chi connectivity index (χ3v) is 4.98. The second-order valence-electron chi connectivity index (χ2n) is 6.38. The topological polar surface area (TPSA) is 114 Å². The van der Waals surface area contributed by atoms with Gasteiger partial charge in [-0.2, -0.15) is 4.37 Å². The lowest BCUT2D eigenvalue weighted by molar-refractivity contribution is -0.136. The summed E-state index contributed by atoms with van der Waals surface area (Å²) in [4.78, 5) is 40.2.